The van der Waals surface area contributed by atoms with Crippen LogP contribution in [-0.4, -0.2) is 74.9 Å². The van der Waals surface area contributed by atoms with Gasteiger partial charge in [0.15, 0.2) is 0 Å². The van der Waals surface area contributed by atoms with Crippen molar-refractivity contribution in [3.63, 3.8) is 0 Å². The fourth-order valence-electron chi connectivity index (χ4n) is 3.01. The van der Waals surface area contributed by atoms with Gasteiger partial charge < -0.3 is 19.7 Å². The van der Waals surface area contributed by atoms with Gasteiger partial charge in [-0.2, -0.15) is 0 Å². The van der Waals surface area contributed by atoms with Crippen molar-refractivity contribution in [2.24, 2.45) is 0 Å². The van der Waals surface area contributed by atoms with Gasteiger partial charge in [-0.05, 0) is 33.6 Å². The quantitative estimate of drug-likeness (QED) is 0.812. The lowest BCUT2D eigenvalue weighted by atomic mass is 10.1. The molecular weight excluding hydrogens is 320 g/mol. The average Bonchev–Trinajstić information content (AvgIpc) is 2.82. The monoisotopic (exact) mass is 348 g/mol. The zero-order valence-electron chi connectivity index (χ0n) is 14.4. The first-order chi connectivity index (χ1) is 10.6. The summed E-state index contributed by atoms with van der Waals surface area (Å²) in [6.07, 6.45) is 0.778. The summed E-state index contributed by atoms with van der Waals surface area (Å²) in [6, 6.07) is 0.151. The Labute approximate surface area is 138 Å². The molecule has 0 aromatic rings. The Bertz CT molecular complexity index is 514. The van der Waals surface area contributed by atoms with Crippen molar-refractivity contribution in [2.45, 2.75) is 57.4 Å². The molecule has 1 unspecified atom stereocenters. The Balaban J connectivity index is 1.91. The predicted octanol–water partition coefficient (Wildman–Crippen LogP) is 0.788. The molecule has 0 saturated carbocycles. The van der Waals surface area contributed by atoms with E-state index in [1.807, 2.05) is 20.8 Å². The second kappa shape index (κ2) is 6.94. The number of hydrogen-bond acceptors (Lipinski definition) is 6. The van der Waals surface area contributed by atoms with E-state index in [0.717, 1.165) is 0 Å². The molecule has 8 heteroatoms. The van der Waals surface area contributed by atoms with Crippen molar-refractivity contribution >= 4 is 15.9 Å². The van der Waals surface area contributed by atoms with Crippen LogP contribution in [-0.2, 0) is 19.3 Å². The van der Waals surface area contributed by atoms with E-state index in [9.17, 15) is 13.2 Å². The van der Waals surface area contributed by atoms with Gasteiger partial charge in [-0.25, -0.2) is 13.2 Å². The number of ether oxygens (including phenoxy) is 2. The largest absolute Gasteiger partial charge is 0.444 e. The molecule has 2 aliphatic rings. The minimum Gasteiger partial charge on any atom is -0.444 e. The van der Waals surface area contributed by atoms with Crippen LogP contribution in [0.4, 0.5) is 4.79 Å². The maximum atomic E-state index is 12.2. The van der Waals surface area contributed by atoms with Crippen LogP contribution in [0.2, 0.25) is 0 Å². The van der Waals surface area contributed by atoms with Crippen molar-refractivity contribution in [2.75, 3.05) is 31.7 Å². The van der Waals surface area contributed by atoms with Gasteiger partial charge in [0.2, 0.25) is 0 Å². The van der Waals surface area contributed by atoms with E-state index in [0.29, 0.717) is 25.9 Å². The van der Waals surface area contributed by atoms with Crippen LogP contribution in [0.5, 0.6) is 0 Å². The van der Waals surface area contributed by atoms with E-state index in [1.54, 1.807) is 12.0 Å². The lowest BCUT2D eigenvalue weighted by Crippen LogP contribution is -2.48. The summed E-state index contributed by atoms with van der Waals surface area (Å²) in [5, 5.41) is 3.47. The summed E-state index contributed by atoms with van der Waals surface area (Å²) in [6.45, 7) is 6.51. The molecule has 134 valence electrons. The first kappa shape index (κ1) is 18.5. The zero-order valence-corrected chi connectivity index (χ0v) is 15.2. The summed E-state index contributed by atoms with van der Waals surface area (Å²) in [5.41, 5.74) is -0.525. The van der Waals surface area contributed by atoms with Crippen LogP contribution in [0.15, 0.2) is 0 Å². The van der Waals surface area contributed by atoms with E-state index in [1.165, 1.54) is 0 Å². The van der Waals surface area contributed by atoms with Gasteiger partial charge in [0.05, 0.1) is 30.2 Å². The minimum atomic E-state index is -2.87. The molecule has 2 atom stereocenters. The van der Waals surface area contributed by atoms with Crippen LogP contribution in [0.1, 0.15) is 33.6 Å². The number of nitrogens with zero attached hydrogens (tertiary/aromatic N) is 1. The SMILES string of the molecule is CO[C@H]1CN(C(=O)OC(C)(C)C)CC1NC1CCS(=O)(=O)CC1. The summed E-state index contributed by atoms with van der Waals surface area (Å²) in [5.74, 6) is 0.454. The molecule has 0 spiro atoms. The molecule has 0 bridgehead atoms. The Morgan fingerprint density at radius 1 is 1.17 bits per heavy atom. The van der Waals surface area contributed by atoms with Crippen LogP contribution in [0, 0.1) is 0 Å². The van der Waals surface area contributed by atoms with E-state index in [2.05, 4.69) is 5.32 Å². The van der Waals surface area contributed by atoms with Crippen molar-refractivity contribution in [1.82, 2.24) is 10.2 Å². The van der Waals surface area contributed by atoms with Crippen molar-refractivity contribution in [3.05, 3.63) is 0 Å². The van der Waals surface area contributed by atoms with Gasteiger partial charge in [0.25, 0.3) is 0 Å². The number of nitrogens with one attached hydrogen (secondary N) is 1. The number of rotatable bonds is 3. The molecule has 2 aliphatic heterocycles. The van der Waals surface area contributed by atoms with E-state index in [-0.39, 0.29) is 35.8 Å². The van der Waals surface area contributed by atoms with Gasteiger partial charge in [-0.1, -0.05) is 0 Å². The standard InChI is InChI=1S/C15H28N2O5S/c1-15(2,3)22-14(18)17-9-12(13(10-17)21-4)16-11-5-7-23(19,20)8-6-11/h11-13,16H,5-10H2,1-4H3/t12?,13-/m0/s1. The summed E-state index contributed by atoms with van der Waals surface area (Å²) < 4.78 is 33.9. The van der Waals surface area contributed by atoms with Crippen LogP contribution in [0.25, 0.3) is 0 Å². The average molecular weight is 348 g/mol. The highest BCUT2D eigenvalue weighted by atomic mass is 32.2. The van der Waals surface area contributed by atoms with E-state index >= 15 is 0 Å². The summed E-state index contributed by atoms with van der Waals surface area (Å²) >= 11 is 0. The normalized spacial score (nSPS) is 28.8. The van der Waals surface area contributed by atoms with E-state index in [4.69, 9.17) is 9.47 Å². The molecule has 2 fully saturated rings. The highest BCUT2D eigenvalue weighted by molar-refractivity contribution is 7.91. The third-order valence-corrected chi connectivity index (χ3v) is 5.94. The maximum absolute atomic E-state index is 12.2. The second-order valence-corrected chi connectivity index (χ2v) is 9.66. The molecule has 1 amide bonds. The smallest absolute Gasteiger partial charge is 0.410 e. The van der Waals surface area contributed by atoms with Gasteiger partial charge in [0.1, 0.15) is 15.4 Å². The third-order valence-electron chi connectivity index (χ3n) is 4.23. The number of amides is 1. The molecular formula is C15H28N2O5S. The number of hydrogen-bond donors (Lipinski definition) is 1. The Morgan fingerprint density at radius 3 is 2.30 bits per heavy atom. The zero-order chi connectivity index (χ0) is 17.3. The number of methoxy groups -OCH3 is 1. The first-order valence-electron chi connectivity index (χ1n) is 8.07. The number of sulfone groups is 1. The Hall–Kier alpha value is -0.860. The number of carbonyl (C=O) groups excluding carboxylic acids is 1. The van der Waals surface area contributed by atoms with Crippen LogP contribution in [0.3, 0.4) is 0 Å². The van der Waals surface area contributed by atoms with Crippen molar-refractivity contribution in [3.8, 4) is 0 Å². The highest BCUT2D eigenvalue weighted by Gasteiger charge is 2.38. The molecule has 2 rings (SSSR count). The van der Waals surface area contributed by atoms with E-state index < -0.39 is 15.4 Å². The van der Waals surface area contributed by atoms with Crippen molar-refractivity contribution < 1.29 is 22.7 Å². The molecule has 7 nitrogen and oxygen atoms in total. The number of carbonyl (C=O) groups is 1. The lowest BCUT2D eigenvalue weighted by Gasteiger charge is -2.28. The van der Waals surface area contributed by atoms with Gasteiger partial charge in [-0.15, -0.1) is 0 Å². The molecule has 0 aromatic carbocycles. The van der Waals surface area contributed by atoms with Crippen LogP contribution >= 0.6 is 0 Å². The highest BCUT2D eigenvalue weighted by Crippen LogP contribution is 2.20. The molecule has 23 heavy (non-hydrogen) atoms. The topological polar surface area (TPSA) is 84.9 Å². The molecule has 0 radical (unpaired) electrons. The molecule has 2 heterocycles. The predicted molar refractivity (Wildman–Crippen MR) is 87.2 cm³/mol. The van der Waals surface area contributed by atoms with Crippen molar-refractivity contribution in [1.29, 1.82) is 0 Å². The molecule has 0 aliphatic carbocycles. The lowest BCUT2D eigenvalue weighted by molar-refractivity contribution is 0.0252. The number of likely N-dealkylation sites (tertiary alicyclic amines) is 1. The third kappa shape index (κ3) is 5.32. The fraction of sp³-hybridized carbons (Fsp3) is 0.933. The second-order valence-electron chi connectivity index (χ2n) is 7.36. The van der Waals surface area contributed by atoms with Gasteiger partial charge >= 0.3 is 6.09 Å². The van der Waals surface area contributed by atoms with Gasteiger partial charge in [-0.3, -0.25) is 0 Å². The maximum Gasteiger partial charge on any atom is 0.410 e. The summed E-state index contributed by atoms with van der Waals surface area (Å²) in [7, 11) is -1.24. The molecule has 0 aromatic heterocycles. The Kier molecular flexibility index (Phi) is 5.58. The van der Waals surface area contributed by atoms with Crippen LogP contribution < -0.4 is 5.32 Å². The first-order valence-corrected chi connectivity index (χ1v) is 9.89. The molecule has 2 saturated heterocycles. The summed E-state index contributed by atoms with van der Waals surface area (Å²) in [4.78, 5) is 13.8. The van der Waals surface area contributed by atoms with Gasteiger partial charge in [0, 0.05) is 19.7 Å². The Morgan fingerprint density at radius 2 is 1.78 bits per heavy atom. The fourth-order valence-corrected chi connectivity index (χ4v) is 4.50. The molecule has 1 N–H and O–H groups in total. The minimum absolute atomic E-state index is 0.00155.